The Morgan fingerprint density at radius 3 is 2.62 bits per heavy atom. The van der Waals surface area contributed by atoms with E-state index in [2.05, 4.69) is 20.6 Å². The van der Waals surface area contributed by atoms with E-state index in [-0.39, 0.29) is 72.9 Å². The van der Waals surface area contributed by atoms with Crippen molar-refractivity contribution in [2.24, 2.45) is 0 Å². The molecule has 0 bridgehead atoms. The average Bonchev–Trinajstić information content (AvgIpc) is 2.81. The van der Waals surface area contributed by atoms with Crippen LogP contribution in [0.25, 0.3) is 0 Å². The zero-order valence-corrected chi connectivity index (χ0v) is 19.0. The third kappa shape index (κ3) is 6.98. The van der Waals surface area contributed by atoms with Crippen LogP contribution in [0.3, 0.4) is 0 Å². The van der Waals surface area contributed by atoms with Crippen molar-refractivity contribution in [1.82, 2.24) is 9.97 Å². The van der Waals surface area contributed by atoms with Crippen LogP contribution in [0.1, 0.15) is 18.4 Å². The van der Waals surface area contributed by atoms with Crippen LogP contribution in [-0.2, 0) is 14.6 Å². The smallest absolute Gasteiger partial charge is 0.315 e. The number of sulfone groups is 1. The third-order valence-corrected chi connectivity index (χ3v) is 6.63. The lowest BCUT2D eigenvalue weighted by atomic mass is 10.1. The minimum atomic E-state index is -3.08. The maximum Gasteiger partial charge on any atom is 0.315 e. The first-order valence-electron chi connectivity index (χ1n) is 10.4. The van der Waals surface area contributed by atoms with E-state index in [0.29, 0.717) is 18.4 Å². The lowest BCUT2D eigenvalue weighted by Crippen LogP contribution is -2.32. The number of nitro groups is 1. The Morgan fingerprint density at radius 2 is 2.00 bits per heavy atom. The standard InChI is InChI=1S/C20H24N6O7S/c21-12-14-1-2-18(22-13-14)24-19-16(26(28)29)11-17(33-8-7-32-6-5-27)20(25-19)23-15-3-9-34(30,31)10-4-15/h1-2,11,13,15,27H,3-10H2,(H2,22,23,24,25). The summed E-state index contributed by atoms with van der Waals surface area (Å²) >= 11 is 0. The summed E-state index contributed by atoms with van der Waals surface area (Å²) in [6.45, 7) is 0.180. The van der Waals surface area contributed by atoms with Crippen LogP contribution < -0.4 is 15.4 Å². The second-order valence-electron chi connectivity index (χ2n) is 7.38. The van der Waals surface area contributed by atoms with Gasteiger partial charge in [0.25, 0.3) is 0 Å². The molecule has 1 aliphatic rings. The molecule has 14 heteroatoms. The summed E-state index contributed by atoms with van der Waals surface area (Å²) in [6, 6.07) is 5.94. The Balaban J connectivity index is 1.88. The van der Waals surface area contributed by atoms with Gasteiger partial charge in [0.05, 0.1) is 47.9 Å². The minimum Gasteiger partial charge on any atom is -0.487 e. The molecule has 3 rings (SSSR count). The SMILES string of the molecule is N#Cc1ccc(Nc2nc(NC3CCS(=O)(=O)CC3)c(OCCOCCO)cc2[N+](=O)[O-])nc1. The number of pyridine rings is 2. The molecular weight excluding hydrogens is 468 g/mol. The highest BCUT2D eigenvalue weighted by atomic mass is 32.2. The van der Waals surface area contributed by atoms with Gasteiger partial charge in [0.15, 0.2) is 11.6 Å². The second-order valence-corrected chi connectivity index (χ2v) is 9.69. The first-order valence-corrected chi connectivity index (χ1v) is 12.2. The highest BCUT2D eigenvalue weighted by Crippen LogP contribution is 2.35. The van der Waals surface area contributed by atoms with Crippen LogP contribution >= 0.6 is 0 Å². The number of aliphatic hydroxyl groups is 1. The topological polar surface area (TPSA) is 190 Å². The van der Waals surface area contributed by atoms with Crippen molar-refractivity contribution in [2.45, 2.75) is 18.9 Å². The lowest BCUT2D eigenvalue weighted by molar-refractivity contribution is -0.384. The molecule has 0 unspecified atom stereocenters. The normalized spacial score (nSPS) is 15.3. The van der Waals surface area contributed by atoms with Crippen LogP contribution in [0.15, 0.2) is 24.4 Å². The fraction of sp³-hybridized carbons (Fsp3) is 0.450. The third-order valence-electron chi connectivity index (χ3n) is 4.92. The van der Waals surface area contributed by atoms with E-state index < -0.39 is 14.8 Å². The second kappa shape index (κ2) is 11.5. The van der Waals surface area contributed by atoms with Gasteiger partial charge in [-0.15, -0.1) is 0 Å². The Labute approximate surface area is 195 Å². The van der Waals surface area contributed by atoms with Gasteiger partial charge in [-0.1, -0.05) is 0 Å². The van der Waals surface area contributed by atoms with E-state index in [1.807, 2.05) is 6.07 Å². The predicted octanol–water partition coefficient (Wildman–Crippen LogP) is 1.38. The van der Waals surface area contributed by atoms with Crippen molar-refractivity contribution in [1.29, 1.82) is 5.26 Å². The van der Waals surface area contributed by atoms with Gasteiger partial charge in [-0.05, 0) is 25.0 Å². The molecule has 34 heavy (non-hydrogen) atoms. The largest absolute Gasteiger partial charge is 0.487 e. The number of nitriles is 1. The molecule has 0 atom stereocenters. The first-order chi connectivity index (χ1) is 16.3. The zero-order chi connectivity index (χ0) is 24.6. The van der Waals surface area contributed by atoms with E-state index in [1.165, 1.54) is 24.4 Å². The molecule has 3 heterocycles. The number of nitrogens with zero attached hydrogens (tertiary/aromatic N) is 4. The van der Waals surface area contributed by atoms with Gasteiger partial charge in [0.1, 0.15) is 28.3 Å². The molecule has 0 saturated carbocycles. The number of aromatic nitrogens is 2. The van der Waals surface area contributed by atoms with Crippen molar-refractivity contribution in [2.75, 3.05) is 48.6 Å². The van der Waals surface area contributed by atoms with Gasteiger partial charge in [-0.2, -0.15) is 5.26 Å². The molecular formula is C20H24N6O7S. The summed E-state index contributed by atoms with van der Waals surface area (Å²) in [5.41, 5.74) is -0.0380. The van der Waals surface area contributed by atoms with E-state index >= 15 is 0 Å². The molecule has 0 spiro atoms. The molecule has 0 radical (unpaired) electrons. The van der Waals surface area contributed by atoms with Crippen LogP contribution in [0.5, 0.6) is 5.75 Å². The van der Waals surface area contributed by atoms with Crippen molar-refractivity contribution in [3.63, 3.8) is 0 Å². The maximum atomic E-state index is 11.8. The van der Waals surface area contributed by atoms with Crippen LogP contribution in [0.4, 0.5) is 23.1 Å². The molecule has 13 nitrogen and oxygen atoms in total. The Hall–Kier alpha value is -3.54. The summed E-state index contributed by atoms with van der Waals surface area (Å²) in [5, 5.41) is 35.4. The van der Waals surface area contributed by atoms with Crippen LogP contribution in [0.2, 0.25) is 0 Å². The Morgan fingerprint density at radius 1 is 1.24 bits per heavy atom. The molecule has 3 N–H and O–H groups in total. The quantitative estimate of drug-likeness (QED) is 0.232. The predicted molar refractivity (Wildman–Crippen MR) is 122 cm³/mol. The summed E-state index contributed by atoms with van der Waals surface area (Å²) in [7, 11) is -3.08. The summed E-state index contributed by atoms with van der Waals surface area (Å²) in [6.07, 6.45) is 2.04. The van der Waals surface area contributed by atoms with Gasteiger partial charge >= 0.3 is 5.69 Å². The number of anilines is 3. The van der Waals surface area contributed by atoms with E-state index in [0.717, 1.165) is 0 Å². The fourth-order valence-electron chi connectivity index (χ4n) is 3.19. The van der Waals surface area contributed by atoms with Gasteiger partial charge in [0.2, 0.25) is 5.82 Å². The highest BCUT2D eigenvalue weighted by Gasteiger charge is 2.27. The van der Waals surface area contributed by atoms with E-state index in [9.17, 15) is 18.5 Å². The number of hydrogen-bond donors (Lipinski definition) is 3. The molecule has 0 aromatic carbocycles. The van der Waals surface area contributed by atoms with E-state index in [4.69, 9.17) is 19.8 Å². The monoisotopic (exact) mass is 492 g/mol. The van der Waals surface area contributed by atoms with Crippen molar-refractivity contribution < 1.29 is 27.9 Å². The molecule has 182 valence electrons. The van der Waals surface area contributed by atoms with Gasteiger partial charge in [-0.3, -0.25) is 10.1 Å². The molecule has 1 saturated heterocycles. The zero-order valence-electron chi connectivity index (χ0n) is 18.1. The van der Waals surface area contributed by atoms with Crippen molar-refractivity contribution in [3.8, 4) is 11.8 Å². The molecule has 2 aromatic rings. The van der Waals surface area contributed by atoms with E-state index in [1.54, 1.807) is 0 Å². The summed E-state index contributed by atoms with van der Waals surface area (Å²) in [5.74, 6) is 0.512. The van der Waals surface area contributed by atoms with Crippen LogP contribution in [0, 0.1) is 21.4 Å². The summed E-state index contributed by atoms with van der Waals surface area (Å²) in [4.78, 5) is 19.5. The molecule has 1 fully saturated rings. The molecule has 1 aliphatic heterocycles. The Bertz CT molecular complexity index is 1140. The maximum absolute atomic E-state index is 11.8. The molecule has 2 aromatic heterocycles. The lowest BCUT2D eigenvalue weighted by Gasteiger charge is -2.25. The molecule has 0 amide bonds. The summed E-state index contributed by atoms with van der Waals surface area (Å²) < 4.78 is 34.3. The fourth-order valence-corrected chi connectivity index (χ4v) is 4.68. The first kappa shape index (κ1) is 25.1. The number of aliphatic hydroxyl groups excluding tert-OH is 1. The Kier molecular flexibility index (Phi) is 8.52. The van der Waals surface area contributed by atoms with Gasteiger partial charge < -0.3 is 25.2 Å². The highest BCUT2D eigenvalue weighted by molar-refractivity contribution is 7.91. The van der Waals surface area contributed by atoms with Crippen LogP contribution in [-0.4, -0.2) is 72.4 Å². The molecule has 0 aliphatic carbocycles. The van der Waals surface area contributed by atoms with Gasteiger partial charge in [-0.25, -0.2) is 18.4 Å². The number of ether oxygens (including phenoxy) is 2. The number of hydrogen-bond acceptors (Lipinski definition) is 12. The van der Waals surface area contributed by atoms with Crippen molar-refractivity contribution in [3.05, 3.63) is 40.1 Å². The van der Waals surface area contributed by atoms with Gasteiger partial charge in [0, 0.05) is 12.2 Å². The average molecular weight is 493 g/mol. The number of nitrogens with one attached hydrogen (secondary N) is 2. The number of rotatable bonds is 11. The van der Waals surface area contributed by atoms with Crippen molar-refractivity contribution >= 4 is 33.0 Å². The minimum absolute atomic E-state index is 0.0309.